The van der Waals surface area contributed by atoms with Crippen LogP contribution in [0.25, 0.3) is 0 Å². The summed E-state index contributed by atoms with van der Waals surface area (Å²) in [6.45, 7) is 0. The molecule has 0 aliphatic heterocycles. The van der Waals surface area contributed by atoms with Gasteiger partial charge in [0.05, 0.1) is 17.6 Å². The standard InChI is InChI=1S/C12H10Br2ClNOS/c1-17-9-3-2-6(4-7(9)13)11(16)10-5-8(14)12(15)18-10/h2-5,11H,16H2,1H3. The van der Waals surface area contributed by atoms with E-state index in [2.05, 4.69) is 31.9 Å². The average molecular weight is 412 g/mol. The van der Waals surface area contributed by atoms with E-state index in [-0.39, 0.29) is 6.04 Å². The van der Waals surface area contributed by atoms with Crippen LogP contribution in [-0.4, -0.2) is 7.11 Å². The summed E-state index contributed by atoms with van der Waals surface area (Å²) in [6.07, 6.45) is 0. The van der Waals surface area contributed by atoms with Crippen LogP contribution in [0.2, 0.25) is 4.34 Å². The van der Waals surface area contributed by atoms with Crippen molar-refractivity contribution in [2.75, 3.05) is 7.11 Å². The van der Waals surface area contributed by atoms with Gasteiger partial charge in [0.2, 0.25) is 0 Å². The molecule has 0 saturated heterocycles. The molecule has 0 amide bonds. The third-order valence-corrected chi connectivity index (χ3v) is 5.68. The number of rotatable bonds is 3. The van der Waals surface area contributed by atoms with Gasteiger partial charge in [-0.2, -0.15) is 0 Å². The third kappa shape index (κ3) is 2.91. The van der Waals surface area contributed by atoms with Crippen molar-refractivity contribution in [3.05, 3.63) is 48.0 Å². The van der Waals surface area contributed by atoms with Gasteiger partial charge in [0.15, 0.2) is 0 Å². The molecule has 1 atom stereocenters. The van der Waals surface area contributed by atoms with E-state index in [9.17, 15) is 0 Å². The lowest BCUT2D eigenvalue weighted by atomic mass is 10.1. The topological polar surface area (TPSA) is 35.2 Å². The fourth-order valence-electron chi connectivity index (χ4n) is 1.56. The molecule has 0 radical (unpaired) electrons. The number of ether oxygens (including phenoxy) is 1. The minimum absolute atomic E-state index is 0.194. The average Bonchev–Trinajstić information content (AvgIpc) is 2.68. The molecule has 0 bridgehead atoms. The molecule has 2 nitrogen and oxygen atoms in total. The first-order valence-corrected chi connectivity index (χ1v) is 7.84. The first-order valence-electron chi connectivity index (χ1n) is 5.06. The van der Waals surface area contributed by atoms with Crippen LogP contribution >= 0.6 is 54.8 Å². The summed E-state index contributed by atoms with van der Waals surface area (Å²) in [6, 6.07) is 7.57. The third-order valence-electron chi connectivity index (χ3n) is 2.51. The Balaban J connectivity index is 2.33. The largest absolute Gasteiger partial charge is 0.496 e. The maximum Gasteiger partial charge on any atom is 0.133 e. The van der Waals surface area contributed by atoms with Crippen molar-refractivity contribution in [1.82, 2.24) is 0 Å². The molecule has 1 unspecified atom stereocenters. The second-order valence-electron chi connectivity index (χ2n) is 3.64. The normalized spacial score (nSPS) is 12.5. The monoisotopic (exact) mass is 409 g/mol. The van der Waals surface area contributed by atoms with E-state index in [1.165, 1.54) is 11.3 Å². The Morgan fingerprint density at radius 3 is 2.50 bits per heavy atom. The molecule has 1 aromatic heterocycles. The molecule has 0 spiro atoms. The highest BCUT2D eigenvalue weighted by atomic mass is 79.9. The van der Waals surface area contributed by atoms with E-state index in [1.807, 2.05) is 24.3 Å². The minimum atomic E-state index is -0.194. The Labute approximate surface area is 131 Å². The lowest BCUT2D eigenvalue weighted by molar-refractivity contribution is 0.412. The Kier molecular flexibility index (Phi) is 4.72. The van der Waals surface area contributed by atoms with E-state index in [4.69, 9.17) is 22.1 Å². The van der Waals surface area contributed by atoms with Crippen molar-refractivity contribution in [1.29, 1.82) is 0 Å². The summed E-state index contributed by atoms with van der Waals surface area (Å²) in [5.41, 5.74) is 7.24. The van der Waals surface area contributed by atoms with Crippen LogP contribution in [-0.2, 0) is 0 Å². The quantitative estimate of drug-likeness (QED) is 0.773. The summed E-state index contributed by atoms with van der Waals surface area (Å²) in [7, 11) is 1.63. The van der Waals surface area contributed by atoms with Crippen molar-refractivity contribution in [2.24, 2.45) is 5.73 Å². The highest BCUT2D eigenvalue weighted by molar-refractivity contribution is 9.11. The number of thiophene rings is 1. The molecule has 1 aromatic carbocycles. The number of benzene rings is 1. The number of nitrogens with two attached hydrogens (primary N) is 1. The fraction of sp³-hybridized carbons (Fsp3) is 0.167. The van der Waals surface area contributed by atoms with Gasteiger partial charge >= 0.3 is 0 Å². The van der Waals surface area contributed by atoms with E-state index in [1.54, 1.807) is 7.11 Å². The first kappa shape index (κ1) is 14.3. The maximum absolute atomic E-state index is 6.23. The SMILES string of the molecule is COc1ccc(C(N)c2cc(Br)c(Cl)s2)cc1Br. The summed E-state index contributed by atoms with van der Waals surface area (Å²) in [5.74, 6) is 0.788. The Hall–Kier alpha value is -0.0700. The van der Waals surface area contributed by atoms with Crippen LogP contribution in [0.4, 0.5) is 0 Å². The van der Waals surface area contributed by atoms with Gasteiger partial charge in [-0.25, -0.2) is 0 Å². The molecule has 0 aliphatic rings. The number of methoxy groups -OCH3 is 1. The Bertz CT molecular complexity index is 554. The van der Waals surface area contributed by atoms with Crippen molar-refractivity contribution in [3.8, 4) is 5.75 Å². The number of hydrogen-bond donors (Lipinski definition) is 1. The predicted molar refractivity (Wildman–Crippen MR) is 83.8 cm³/mol. The van der Waals surface area contributed by atoms with Crippen LogP contribution in [0.15, 0.2) is 33.2 Å². The van der Waals surface area contributed by atoms with E-state index >= 15 is 0 Å². The molecule has 2 aromatic rings. The number of halogens is 3. The second-order valence-corrected chi connectivity index (χ2v) is 7.04. The van der Waals surface area contributed by atoms with Gasteiger partial charge in [-0.15, -0.1) is 11.3 Å². The molecule has 6 heteroatoms. The molecular formula is C12H10Br2ClNOS. The Morgan fingerprint density at radius 2 is 2.00 bits per heavy atom. The van der Waals surface area contributed by atoms with Crippen molar-refractivity contribution in [2.45, 2.75) is 6.04 Å². The van der Waals surface area contributed by atoms with Crippen molar-refractivity contribution < 1.29 is 4.74 Å². The predicted octanol–water partition coefficient (Wildman–Crippen LogP) is 4.98. The summed E-state index contributed by atoms with van der Waals surface area (Å²) in [4.78, 5) is 1.02. The second kappa shape index (κ2) is 5.92. The van der Waals surface area contributed by atoms with E-state index in [0.717, 1.165) is 25.1 Å². The smallest absolute Gasteiger partial charge is 0.133 e. The van der Waals surface area contributed by atoms with Gasteiger partial charge in [-0.1, -0.05) is 17.7 Å². The zero-order valence-electron chi connectivity index (χ0n) is 9.41. The highest BCUT2D eigenvalue weighted by Crippen LogP contribution is 2.37. The Morgan fingerprint density at radius 1 is 1.28 bits per heavy atom. The fourth-order valence-corrected chi connectivity index (χ4v) is 3.88. The molecule has 2 N–H and O–H groups in total. The zero-order chi connectivity index (χ0) is 13.3. The molecule has 0 fully saturated rings. The lowest BCUT2D eigenvalue weighted by Crippen LogP contribution is -2.10. The molecule has 0 aliphatic carbocycles. The van der Waals surface area contributed by atoms with Gasteiger partial charge in [0.1, 0.15) is 10.1 Å². The minimum Gasteiger partial charge on any atom is -0.496 e. The summed E-state index contributed by atoms with van der Waals surface area (Å²) in [5, 5.41) is 0. The van der Waals surface area contributed by atoms with Crippen LogP contribution in [0.3, 0.4) is 0 Å². The lowest BCUT2D eigenvalue weighted by Gasteiger charge is -2.12. The molecular weight excluding hydrogens is 401 g/mol. The summed E-state index contributed by atoms with van der Waals surface area (Å²) < 4.78 is 7.68. The van der Waals surface area contributed by atoms with E-state index < -0.39 is 0 Å². The molecule has 96 valence electrons. The highest BCUT2D eigenvalue weighted by Gasteiger charge is 2.15. The first-order chi connectivity index (χ1) is 8.52. The molecule has 18 heavy (non-hydrogen) atoms. The zero-order valence-corrected chi connectivity index (χ0v) is 14.2. The van der Waals surface area contributed by atoms with Crippen LogP contribution in [0, 0.1) is 0 Å². The molecule has 1 heterocycles. The molecule has 0 saturated carbocycles. The van der Waals surface area contributed by atoms with Gasteiger partial charge in [-0.05, 0) is 55.6 Å². The van der Waals surface area contributed by atoms with Crippen molar-refractivity contribution >= 4 is 54.8 Å². The molecule has 2 rings (SSSR count). The van der Waals surface area contributed by atoms with Gasteiger partial charge in [-0.3, -0.25) is 0 Å². The van der Waals surface area contributed by atoms with Crippen LogP contribution in [0.1, 0.15) is 16.5 Å². The maximum atomic E-state index is 6.23. The number of hydrogen-bond acceptors (Lipinski definition) is 3. The van der Waals surface area contributed by atoms with Gasteiger partial charge in [0.25, 0.3) is 0 Å². The van der Waals surface area contributed by atoms with Gasteiger partial charge < -0.3 is 10.5 Å². The van der Waals surface area contributed by atoms with Crippen LogP contribution in [0.5, 0.6) is 5.75 Å². The van der Waals surface area contributed by atoms with E-state index in [0.29, 0.717) is 4.34 Å². The summed E-state index contributed by atoms with van der Waals surface area (Å²) >= 11 is 14.3. The van der Waals surface area contributed by atoms with Gasteiger partial charge in [0, 0.05) is 9.35 Å². The van der Waals surface area contributed by atoms with Crippen LogP contribution < -0.4 is 10.5 Å². The van der Waals surface area contributed by atoms with Crippen molar-refractivity contribution in [3.63, 3.8) is 0 Å².